The van der Waals surface area contributed by atoms with E-state index >= 15 is 0 Å². The van der Waals surface area contributed by atoms with Gasteiger partial charge in [-0.15, -0.1) is 0 Å². The average molecular weight is 386 g/mol. The van der Waals surface area contributed by atoms with Crippen LogP contribution in [0.2, 0.25) is 0 Å². The second-order valence-corrected chi connectivity index (χ2v) is 6.24. The Morgan fingerprint density at radius 3 is 2.43 bits per heavy atom. The Balaban J connectivity index is 1.57. The summed E-state index contributed by atoms with van der Waals surface area (Å²) in [6.45, 7) is -3.56. The smallest absolute Gasteiger partial charge is 0.329 e. The van der Waals surface area contributed by atoms with E-state index in [4.69, 9.17) is 4.74 Å². The molecule has 2 heterocycles. The van der Waals surface area contributed by atoms with E-state index in [9.17, 15) is 18.4 Å². The second-order valence-electron chi connectivity index (χ2n) is 6.24. The van der Waals surface area contributed by atoms with Crippen LogP contribution < -0.4 is 5.69 Å². The summed E-state index contributed by atoms with van der Waals surface area (Å²) in [6, 6.07) is 13.5. The van der Waals surface area contributed by atoms with Crippen LogP contribution in [-0.4, -0.2) is 24.7 Å². The van der Waals surface area contributed by atoms with Gasteiger partial charge in [-0.2, -0.15) is 8.78 Å². The molecule has 0 aliphatic heterocycles. The molecule has 0 N–H and O–H groups in total. The number of aryl methyl sites for hydroxylation is 1. The maximum atomic E-state index is 13.4. The Morgan fingerprint density at radius 1 is 1.07 bits per heavy atom. The number of para-hydroxylation sites is 4. The van der Waals surface area contributed by atoms with Crippen molar-refractivity contribution in [3.8, 4) is 0 Å². The molecule has 2 aromatic heterocycles. The molecule has 2 aromatic carbocycles. The molecule has 0 aliphatic carbocycles. The van der Waals surface area contributed by atoms with E-state index in [0.717, 1.165) is 4.57 Å². The number of imidazole rings is 2. The largest absolute Gasteiger partial charge is 0.456 e. The van der Waals surface area contributed by atoms with E-state index in [0.29, 0.717) is 16.6 Å². The Hall–Kier alpha value is -3.49. The quantitative estimate of drug-likeness (QED) is 0.495. The van der Waals surface area contributed by atoms with Crippen molar-refractivity contribution in [3.05, 3.63) is 64.8 Å². The molecule has 4 aromatic rings. The highest BCUT2D eigenvalue weighted by Gasteiger charge is 2.19. The molecule has 4 rings (SSSR count). The second kappa shape index (κ2) is 6.91. The molecule has 0 radical (unpaired) electrons. The summed E-state index contributed by atoms with van der Waals surface area (Å²) in [4.78, 5) is 28.8. The van der Waals surface area contributed by atoms with Crippen LogP contribution >= 0.6 is 0 Å². The molecule has 0 fully saturated rings. The number of rotatable bonds is 5. The van der Waals surface area contributed by atoms with Crippen LogP contribution in [0.4, 0.5) is 8.78 Å². The fraction of sp³-hybridized carbons (Fsp3) is 0.211. The van der Waals surface area contributed by atoms with Gasteiger partial charge >= 0.3 is 18.2 Å². The third-order valence-electron chi connectivity index (χ3n) is 4.57. The van der Waals surface area contributed by atoms with E-state index in [-0.39, 0.29) is 23.6 Å². The highest BCUT2D eigenvalue weighted by Crippen LogP contribution is 2.23. The lowest BCUT2D eigenvalue weighted by atomic mass is 10.3. The van der Waals surface area contributed by atoms with Crippen molar-refractivity contribution in [2.75, 3.05) is 0 Å². The number of halogens is 2. The Bertz CT molecular complexity index is 1240. The molecule has 0 unspecified atom stereocenters. The van der Waals surface area contributed by atoms with Crippen LogP contribution in [0.25, 0.3) is 22.1 Å². The van der Waals surface area contributed by atoms with Gasteiger partial charge in [0.25, 0.3) is 0 Å². The van der Waals surface area contributed by atoms with Crippen molar-refractivity contribution in [3.63, 3.8) is 0 Å². The number of fused-ring (bicyclic) bond motifs is 2. The minimum Gasteiger partial charge on any atom is -0.456 e. The summed E-state index contributed by atoms with van der Waals surface area (Å²) in [6.07, 6.45) is 0. The van der Waals surface area contributed by atoms with Gasteiger partial charge in [-0.25, -0.2) is 9.78 Å². The molecule has 0 aliphatic rings. The Labute approximate surface area is 157 Å². The van der Waals surface area contributed by atoms with E-state index in [2.05, 4.69) is 4.98 Å². The van der Waals surface area contributed by atoms with Gasteiger partial charge in [0.05, 0.1) is 22.1 Å². The molecular weight excluding hydrogens is 370 g/mol. The number of carbonyl (C=O) groups is 1. The van der Waals surface area contributed by atoms with Gasteiger partial charge in [-0.3, -0.25) is 18.5 Å². The molecule has 144 valence electrons. The van der Waals surface area contributed by atoms with Gasteiger partial charge < -0.3 is 4.74 Å². The van der Waals surface area contributed by atoms with Crippen LogP contribution in [0, 0.1) is 0 Å². The van der Waals surface area contributed by atoms with E-state index in [1.807, 2.05) is 0 Å². The van der Waals surface area contributed by atoms with Crippen molar-refractivity contribution in [2.24, 2.45) is 7.05 Å². The number of ether oxygens (including phenoxy) is 1. The van der Waals surface area contributed by atoms with Gasteiger partial charge in [-0.1, -0.05) is 24.3 Å². The van der Waals surface area contributed by atoms with Gasteiger partial charge in [0, 0.05) is 7.05 Å². The zero-order valence-corrected chi connectivity index (χ0v) is 14.9. The van der Waals surface area contributed by atoms with Crippen molar-refractivity contribution in [1.29, 1.82) is 0 Å². The number of hydrogen-bond acceptors (Lipinski definition) is 4. The average Bonchev–Trinajstić information content (AvgIpc) is 3.18. The number of aromatic nitrogens is 4. The molecule has 0 spiro atoms. The zero-order chi connectivity index (χ0) is 19.8. The summed E-state index contributed by atoms with van der Waals surface area (Å²) in [5.41, 5.74) is 1.55. The normalized spacial score (nSPS) is 11.6. The van der Waals surface area contributed by atoms with Crippen molar-refractivity contribution < 1.29 is 18.3 Å². The molecular formula is C19H16F2N4O3. The maximum absolute atomic E-state index is 13.4. The van der Waals surface area contributed by atoms with Gasteiger partial charge in [0.15, 0.2) is 5.82 Å². The lowest BCUT2D eigenvalue weighted by Gasteiger charge is -2.09. The molecule has 9 heteroatoms. The highest BCUT2D eigenvalue weighted by atomic mass is 19.3. The van der Waals surface area contributed by atoms with Crippen LogP contribution in [0.5, 0.6) is 0 Å². The third kappa shape index (κ3) is 2.94. The standard InChI is InChI=1S/C19H16F2N4O3/c1-23-14-8-4-5-9-15(14)24(19(23)27)10-17(26)28-11-16-22-12-6-2-3-7-13(12)25(16)18(20)21/h2-9,18H,10-11H2,1H3. The van der Waals surface area contributed by atoms with Crippen LogP contribution in [0.1, 0.15) is 12.4 Å². The van der Waals surface area contributed by atoms with Gasteiger partial charge in [0.2, 0.25) is 0 Å². The van der Waals surface area contributed by atoms with E-state index < -0.39 is 19.1 Å². The molecule has 0 bridgehead atoms. The SMILES string of the molecule is Cn1c(=O)n(CC(=O)OCc2nc3ccccc3n2C(F)F)c2ccccc21. The minimum atomic E-state index is -2.82. The Kier molecular flexibility index (Phi) is 4.42. The molecule has 0 saturated heterocycles. The van der Waals surface area contributed by atoms with Crippen LogP contribution in [0.3, 0.4) is 0 Å². The van der Waals surface area contributed by atoms with E-state index in [1.54, 1.807) is 49.5 Å². The monoisotopic (exact) mass is 386 g/mol. The molecule has 0 amide bonds. The maximum Gasteiger partial charge on any atom is 0.329 e. The summed E-state index contributed by atoms with van der Waals surface area (Å²) in [7, 11) is 1.61. The van der Waals surface area contributed by atoms with Crippen molar-refractivity contribution in [1.82, 2.24) is 18.7 Å². The number of alkyl halides is 2. The fourth-order valence-electron chi connectivity index (χ4n) is 3.25. The van der Waals surface area contributed by atoms with Gasteiger partial charge in [-0.05, 0) is 24.3 Å². The first-order valence-corrected chi connectivity index (χ1v) is 8.51. The predicted octanol–water partition coefficient (Wildman–Crippen LogP) is 2.83. The molecule has 7 nitrogen and oxygen atoms in total. The number of hydrogen-bond donors (Lipinski definition) is 0. The number of nitrogens with zero attached hydrogens (tertiary/aromatic N) is 4. The first-order chi connectivity index (χ1) is 13.5. The molecule has 0 atom stereocenters. The summed E-state index contributed by atoms with van der Waals surface area (Å²) in [5.74, 6) is -0.777. The highest BCUT2D eigenvalue weighted by molar-refractivity contribution is 5.79. The topological polar surface area (TPSA) is 71.1 Å². The fourth-order valence-corrected chi connectivity index (χ4v) is 3.25. The summed E-state index contributed by atoms with van der Waals surface area (Å²) < 4.78 is 35.4. The number of carbonyl (C=O) groups excluding carboxylic acids is 1. The van der Waals surface area contributed by atoms with Gasteiger partial charge in [0.1, 0.15) is 13.2 Å². The lowest BCUT2D eigenvalue weighted by molar-refractivity contribution is -0.146. The molecule has 28 heavy (non-hydrogen) atoms. The summed E-state index contributed by atoms with van der Waals surface area (Å²) in [5, 5.41) is 0. The minimum absolute atomic E-state index is 0.0604. The molecule has 0 saturated carbocycles. The third-order valence-corrected chi connectivity index (χ3v) is 4.57. The Morgan fingerprint density at radius 2 is 1.71 bits per heavy atom. The lowest BCUT2D eigenvalue weighted by Crippen LogP contribution is -2.26. The van der Waals surface area contributed by atoms with Crippen LogP contribution in [-0.2, 0) is 29.7 Å². The van der Waals surface area contributed by atoms with Crippen molar-refractivity contribution in [2.45, 2.75) is 19.7 Å². The first-order valence-electron chi connectivity index (χ1n) is 8.51. The van der Waals surface area contributed by atoms with Crippen molar-refractivity contribution >= 4 is 28.0 Å². The van der Waals surface area contributed by atoms with E-state index in [1.165, 1.54) is 15.2 Å². The number of benzene rings is 2. The predicted molar refractivity (Wildman–Crippen MR) is 98.0 cm³/mol. The zero-order valence-electron chi connectivity index (χ0n) is 14.9. The summed E-state index contributed by atoms with van der Waals surface area (Å²) >= 11 is 0. The number of esters is 1. The van der Waals surface area contributed by atoms with Crippen LogP contribution in [0.15, 0.2) is 53.3 Å². The first kappa shape index (κ1) is 17.9.